The van der Waals surface area contributed by atoms with Crippen LogP contribution in [0.25, 0.3) is 0 Å². The molecule has 4 aliphatic rings. The molecule has 6 unspecified atom stereocenters. The molecule has 0 spiro atoms. The van der Waals surface area contributed by atoms with E-state index in [0.29, 0.717) is 29.8 Å². The van der Waals surface area contributed by atoms with Gasteiger partial charge in [-0.2, -0.15) is 0 Å². The van der Waals surface area contributed by atoms with Crippen molar-refractivity contribution >= 4 is 0 Å². The molecule has 6 atom stereocenters. The molecule has 0 fully saturated rings. The van der Waals surface area contributed by atoms with Crippen molar-refractivity contribution in [1.29, 1.82) is 0 Å². The van der Waals surface area contributed by atoms with Gasteiger partial charge in [0, 0.05) is 24.0 Å². The summed E-state index contributed by atoms with van der Waals surface area (Å²) >= 11 is 0. The average Bonchev–Trinajstić information content (AvgIpc) is 2.61. The number of rotatable bonds is 3. The third-order valence-electron chi connectivity index (χ3n) is 6.15. The summed E-state index contributed by atoms with van der Waals surface area (Å²) in [5.74, 6) is 1.74. The normalized spacial score (nSPS) is 38.2. The van der Waals surface area contributed by atoms with Gasteiger partial charge in [-0.05, 0) is 49.2 Å². The molecule has 0 aliphatic heterocycles. The lowest BCUT2D eigenvalue weighted by molar-refractivity contribution is 0.239. The Morgan fingerprint density at radius 2 is 1.79 bits per heavy atom. The van der Waals surface area contributed by atoms with Gasteiger partial charge in [-0.25, -0.2) is 0 Å². The summed E-state index contributed by atoms with van der Waals surface area (Å²) < 4.78 is 0. The zero-order chi connectivity index (χ0) is 16.5. The van der Waals surface area contributed by atoms with Gasteiger partial charge < -0.3 is 11.1 Å². The van der Waals surface area contributed by atoms with Gasteiger partial charge in [0.05, 0.1) is 0 Å². The molecular weight excluding hydrogens is 292 g/mol. The molecule has 0 radical (unpaired) electrons. The zero-order valence-corrected chi connectivity index (χ0v) is 14.4. The van der Waals surface area contributed by atoms with Crippen molar-refractivity contribution in [2.75, 3.05) is 0 Å². The molecule has 126 valence electrons. The summed E-state index contributed by atoms with van der Waals surface area (Å²) in [5.41, 5.74) is 9.29. The Labute approximate surface area is 145 Å². The van der Waals surface area contributed by atoms with Crippen molar-refractivity contribution < 1.29 is 0 Å². The predicted molar refractivity (Wildman–Crippen MR) is 101 cm³/mol. The smallest absolute Gasteiger partial charge is 0.0311 e. The van der Waals surface area contributed by atoms with Crippen LogP contribution in [0, 0.1) is 17.8 Å². The summed E-state index contributed by atoms with van der Waals surface area (Å²) in [6.07, 6.45) is 25.9. The molecule has 0 aromatic heterocycles. The third kappa shape index (κ3) is 2.89. The van der Waals surface area contributed by atoms with Gasteiger partial charge >= 0.3 is 0 Å². The summed E-state index contributed by atoms with van der Waals surface area (Å²) in [7, 11) is 0. The average molecular weight is 320 g/mol. The number of fused-ring (bicyclic) bond motifs is 2. The molecule has 0 saturated heterocycles. The molecule has 2 heteroatoms. The van der Waals surface area contributed by atoms with Gasteiger partial charge in [0.15, 0.2) is 0 Å². The Hall–Kier alpha value is -1.64. The van der Waals surface area contributed by atoms with Crippen LogP contribution >= 0.6 is 0 Å². The monoisotopic (exact) mass is 320 g/mol. The van der Waals surface area contributed by atoms with Crippen molar-refractivity contribution in [2.24, 2.45) is 23.5 Å². The van der Waals surface area contributed by atoms with Gasteiger partial charge in [0.25, 0.3) is 0 Å². The highest BCUT2D eigenvalue weighted by molar-refractivity contribution is 5.37. The van der Waals surface area contributed by atoms with Crippen molar-refractivity contribution in [3.8, 4) is 0 Å². The third-order valence-corrected chi connectivity index (χ3v) is 6.15. The lowest BCUT2D eigenvalue weighted by Gasteiger charge is -2.41. The van der Waals surface area contributed by atoms with E-state index in [1.807, 2.05) is 0 Å². The molecule has 24 heavy (non-hydrogen) atoms. The van der Waals surface area contributed by atoms with Gasteiger partial charge in [-0.15, -0.1) is 0 Å². The number of nitrogens with one attached hydrogen (secondary N) is 1. The first kappa shape index (κ1) is 15.9. The molecule has 4 rings (SSSR count). The van der Waals surface area contributed by atoms with Gasteiger partial charge in [-0.3, -0.25) is 0 Å². The number of hydrogen-bond acceptors (Lipinski definition) is 2. The van der Waals surface area contributed by atoms with E-state index >= 15 is 0 Å². The van der Waals surface area contributed by atoms with E-state index in [4.69, 9.17) is 5.73 Å². The minimum Gasteiger partial charge on any atom is -0.324 e. The van der Waals surface area contributed by atoms with E-state index < -0.39 is 0 Å². The molecule has 0 aromatic carbocycles. The van der Waals surface area contributed by atoms with E-state index in [0.717, 1.165) is 6.42 Å². The minimum absolute atomic E-state index is 0.124. The van der Waals surface area contributed by atoms with Crippen LogP contribution in [0.5, 0.6) is 0 Å². The Morgan fingerprint density at radius 3 is 2.71 bits per heavy atom. The van der Waals surface area contributed by atoms with Crippen molar-refractivity contribution in [2.45, 2.75) is 44.3 Å². The number of allylic oxidation sites excluding steroid dienone is 9. The summed E-state index contributed by atoms with van der Waals surface area (Å²) in [6.45, 7) is 2.37. The largest absolute Gasteiger partial charge is 0.324 e. The first-order valence-corrected chi connectivity index (χ1v) is 9.34. The standard InChI is InChI=1S/C22H28N2/c1-15(18-12-4-8-16-7-2-3-11-19(16)18)24-21-14-6-10-17-9-5-13-20(23)22(17)21/h2-10,13,15,18-22,24H,11-12,14,23H2,1H3. The van der Waals surface area contributed by atoms with Crippen LogP contribution in [0.4, 0.5) is 0 Å². The lowest BCUT2D eigenvalue weighted by Crippen LogP contribution is -2.52. The molecule has 0 aromatic rings. The lowest BCUT2D eigenvalue weighted by atomic mass is 9.71. The molecule has 0 saturated carbocycles. The van der Waals surface area contributed by atoms with E-state index in [2.05, 4.69) is 73.0 Å². The molecule has 0 amide bonds. The van der Waals surface area contributed by atoms with E-state index in [-0.39, 0.29) is 6.04 Å². The van der Waals surface area contributed by atoms with E-state index in [9.17, 15) is 0 Å². The SMILES string of the molecule is CC(NC1CC=CC2=CC=CC(N)C21)C1CC=CC2=CC=CCC21. The van der Waals surface area contributed by atoms with E-state index in [1.165, 1.54) is 24.0 Å². The Kier molecular flexibility index (Phi) is 4.43. The summed E-state index contributed by atoms with van der Waals surface area (Å²) in [4.78, 5) is 0. The first-order valence-electron chi connectivity index (χ1n) is 9.34. The minimum atomic E-state index is 0.124. The van der Waals surface area contributed by atoms with Gasteiger partial charge in [-0.1, -0.05) is 60.8 Å². The maximum Gasteiger partial charge on any atom is 0.0311 e. The van der Waals surface area contributed by atoms with Crippen LogP contribution in [0.15, 0.2) is 71.9 Å². The number of hydrogen-bond donors (Lipinski definition) is 2. The van der Waals surface area contributed by atoms with Crippen LogP contribution in [0.2, 0.25) is 0 Å². The van der Waals surface area contributed by atoms with Gasteiger partial charge in [0.2, 0.25) is 0 Å². The number of nitrogens with two attached hydrogens (primary N) is 1. The molecule has 2 nitrogen and oxygen atoms in total. The highest BCUT2D eigenvalue weighted by atomic mass is 15.0. The Morgan fingerprint density at radius 1 is 1.00 bits per heavy atom. The Balaban J connectivity index is 1.49. The van der Waals surface area contributed by atoms with Gasteiger partial charge in [0.1, 0.15) is 0 Å². The van der Waals surface area contributed by atoms with Crippen LogP contribution in [0.1, 0.15) is 26.2 Å². The van der Waals surface area contributed by atoms with Crippen LogP contribution in [-0.2, 0) is 0 Å². The highest BCUT2D eigenvalue weighted by Gasteiger charge is 2.35. The van der Waals surface area contributed by atoms with Crippen LogP contribution < -0.4 is 11.1 Å². The second-order valence-electron chi connectivity index (χ2n) is 7.59. The maximum absolute atomic E-state index is 6.41. The van der Waals surface area contributed by atoms with Crippen molar-refractivity contribution in [1.82, 2.24) is 5.32 Å². The second kappa shape index (κ2) is 6.70. The molecular formula is C22H28N2. The van der Waals surface area contributed by atoms with Crippen LogP contribution in [0.3, 0.4) is 0 Å². The quantitative estimate of drug-likeness (QED) is 0.830. The summed E-state index contributed by atoms with van der Waals surface area (Å²) in [6, 6.07) is 1.05. The highest BCUT2D eigenvalue weighted by Crippen LogP contribution is 2.38. The fourth-order valence-corrected chi connectivity index (χ4v) is 4.89. The fourth-order valence-electron chi connectivity index (χ4n) is 4.89. The zero-order valence-electron chi connectivity index (χ0n) is 14.4. The second-order valence-corrected chi connectivity index (χ2v) is 7.59. The van der Waals surface area contributed by atoms with Crippen molar-refractivity contribution in [3.63, 3.8) is 0 Å². The topological polar surface area (TPSA) is 38.0 Å². The predicted octanol–water partition coefficient (Wildman–Crippen LogP) is 3.81. The molecule has 0 bridgehead atoms. The summed E-state index contributed by atoms with van der Waals surface area (Å²) in [5, 5.41) is 3.96. The molecule has 3 N–H and O–H groups in total. The first-order chi connectivity index (χ1) is 11.7. The maximum atomic E-state index is 6.41. The fraction of sp³-hybridized carbons (Fsp3) is 0.455. The molecule has 4 aliphatic carbocycles. The molecule has 0 heterocycles. The van der Waals surface area contributed by atoms with Crippen LogP contribution in [-0.4, -0.2) is 18.1 Å². The van der Waals surface area contributed by atoms with Crippen molar-refractivity contribution in [3.05, 3.63) is 71.9 Å². The Bertz CT molecular complexity index is 661. The van der Waals surface area contributed by atoms with E-state index in [1.54, 1.807) is 0 Å².